The lowest BCUT2D eigenvalue weighted by Crippen LogP contribution is -2.61. The summed E-state index contributed by atoms with van der Waals surface area (Å²) in [6.07, 6.45) is 4.43. The van der Waals surface area contributed by atoms with Crippen LogP contribution in [0.15, 0.2) is 0 Å². The van der Waals surface area contributed by atoms with E-state index in [-0.39, 0.29) is 86.7 Å². The number of hydrogen-bond donors (Lipinski definition) is 20. The van der Waals surface area contributed by atoms with Gasteiger partial charge in [0.15, 0.2) is 0 Å². The van der Waals surface area contributed by atoms with Gasteiger partial charge in [0, 0.05) is 43.5 Å². The Kier molecular flexibility index (Phi) is 36.7. The van der Waals surface area contributed by atoms with E-state index in [4.69, 9.17) is 17.2 Å². The van der Waals surface area contributed by atoms with Crippen molar-refractivity contribution in [1.82, 2.24) is 79.3 Å². The fourth-order valence-corrected chi connectivity index (χ4v) is 17.8. The summed E-state index contributed by atoms with van der Waals surface area (Å²) in [5, 5.41) is 67.0. The van der Waals surface area contributed by atoms with Crippen molar-refractivity contribution in [3.8, 4) is 0 Å². The molecule has 6 unspecified atom stereocenters. The van der Waals surface area contributed by atoms with Crippen LogP contribution in [-0.4, -0.2) is 267 Å². The van der Waals surface area contributed by atoms with Crippen molar-refractivity contribution in [1.29, 1.82) is 0 Å². The second kappa shape index (κ2) is 44.6. The average Bonchev–Trinajstić information content (AvgIpc) is 1.72. The van der Waals surface area contributed by atoms with E-state index in [0.717, 1.165) is 84.8 Å². The van der Waals surface area contributed by atoms with Crippen LogP contribution in [0.4, 0.5) is 0 Å². The Balaban J connectivity index is 1.46. The number of primary amides is 3. The Morgan fingerprint density at radius 3 is 1.61 bits per heavy atom. The second-order valence-electron chi connectivity index (χ2n) is 29.6. The molecule has 6 aliphatic rings. The van der Waals surface area contributed by atoms with Crippen LogP contribution in [0.1, 0.15) is 150 Å². The van der Waals surface area contributed by atoms with Gasteiger partial charge >= 0.3 is 11.9 Å². The summed E-state index contributed by atoms with van der Waals surface area (Å²) < 4.78 is 0. The maximum absolute atomic E-state index is 15.4. The molecule has 0 aromatic rings. The third-order valence-corrected chi connectivity index (χ3v) is 23.8. The average molecular weight is 1620 g/mol. The summed E-state index contributed by atoms with van der Waals surface area (Å²) in [4.78, 5) is 251. The van der Waals surface area contributed by atoms with E-state index >= 15 is 24.0 Å². The molecule has 42 heteroatoms. The number of thioether (sulfide) groups is 1. The van der Waals surface area contributed by atoms with E-state index in [2.05, 4.69) is 74.4 Å². The third kappa shape index (κ3) is 28.5. The highest BCUT2D eigenvalue weighted by atomic mass is 33.1. The molecule has 0 radical (unpaired) electrons. The number of amides is 16. The summed E-state index contributed by atoms with van der Waals surface area (Å²) in [7, 11) is 1.51. The van der Waals surface area contributed by atoms with Crippen LogP contribution >= 0.6 is 33.3 Å². The van der Waals surface area contributed by atoms with Gasteiger partial charge in [-0.05, 0) is 132 Å². The van der Waals surface area contributed by atoms with Crippen LogP contribution < -0.4 is 91.6 Å². The first-order chi connectivity index (χ1) is 52.6. The molecule has 0 aromatic carbocycles. The summed E-state index contributed by atoms with van der Waals surface area (Å²) in [6, 6.07) is -21.4. The molecule has 4 aliphatic heterocycles. The fourth-order valence-electron chi connectivity index (χ4n) is 15.1. The second-order valence-corrected chi connectivity index (χ2v) is 33.2. The number of carboxylic acid groups (broad SMARTS) is 2. The number of aliphatic hydroxyl groups excluding tert-OH is 1. The number of likely N-dealkylation sites (tertiary alicyclic amines) is 1. The fraction of sp³-hybridized carbons (Fsp3) is 0.739. The molecule has 19 atom stereocenters. The topological polar surface area (TPSA) is 618 Å². The van der Waals surface area contributed by atoms with E-state index < -0.39 is 235 Å². The number of fused-ring (bicyclic) bond motifs is 2. The molecular weight excluding hydrogens is 1510 g/mol. The lowest BCUT2D eigenvalue weighted by atomic mass is 9.77. The molecule has 2 saturated carbocycles. The standard InChI is InChI=1S/C69H110N18O21S3/c1-32(2)21-44-61(100)77-41(16-17-53(70)90)59(98)80-45(22-35-27-73-39-13-8-6-11-37(35)39)63(102)82-47(24-54(71)91)64(103)86-51(69(108)87-19-10-15-52(87)68(107)75-33(3)58(97)78-43(57(72)96)25-55(92)93)31-111-110-30-50(67(106)81-46(62(101)79-44)23-36-28-74-40-14-9-7-12-38(36)40)85-65(104)48(26-56(94)95)83-66(105)49(29-88)84-60(99)42(18-20-109-5)76-34(4)89/h32-33,35-52,73-74,88H,6-31H2,1-5H3,(H2,70,90)(H2,71,91)(H2,72,96)(H,75,107)(H,76,89)(H,77,100)(H,78,97)(H,79,101)(H,80,98)(H,81,106)(H,82,102)(H,83,105)(H,84,99)(H,85,104)(H,86,103)(H,92,93)(H,94,95)/t33-,35?,36?,37?,38?,39?,40?,41+,42+,43+,44+,45+,46+,47+,48+,49+,50+,51+,52+/m1/s1. The van der Waals surface area contributed by atoms with Crippen molar-refractivity contribution in [2.75, 3.05) is 49.8 Å². The Morgan fingerprint density at radius 2 is 1.06 bits per heavy atom. The zero-order valence-electron chi connectivity index (χ0n) is 63.0. The maximum atomic E-state index is 15.4. The molecule has 2 aliphatic carbocycles. The SMILES string of the molecule is CSCC[C@H](NC(C)=O)C(=O)N[C@@H](CO)C(=O)N[C@@H](CC(=O)O)C(=O)N[C@H]1CSSC[C@@H](C(=O)N2CCC[C@H]2C(=O)N[C@H](C)C(=O)N[C@@H](CC(=O)O)C(N)=O)NC(=O)[C@H](CC(N)=O)NC(=O)[C@H](CC2CNC3CCCCC23)NC(=O)[C@H](CCC(N)=O)NC(=O)[C@H](CC(C)C)NC(=O)[C@H](CC2CNC3CCCCC23)NC1=O. The van der Waals surface area contributed by atoms with Crippen molar-refractivity contribution in [2.24, 2.45) is 46.8 Å². The van der Waals surface area contributed by atoms with Crippen molar-refractivity contribution in [3.63, 3.8) is 0 Å². The smallest absolute Gasteiger partial charge is 0.305 e. The third-order valence-electron chi connectivity index (χ3n) is 20.7. The van der Waals surface area contributed by atoms with E-state index in [0.29, 0.717) is 18.8 Å². The molecule has 23 N–H and O–H groups in total. The number of carbonyl (C=O) groups excluding carboxylic acids is 16. The number of nitrogens with two attached hydrogens (primary N) is 3. The first kappa shape index (κ1) is 91.3. The maximum Gasteiger partial charge on any atom is 0.305 e. The van der Waals surface area contributed by atoms with Gasteiger partial charge in [-0.1, -0.05) is 61.1 Å². The molecule has 0 spiro atoms. The Hall–Kier alpha value is -8.61. The van der Waals surface area contributed by atoms with Gasteiger partial charge in [-0.2, -0.15) is 11.8 Å². The first-order valence-electron chi connectivity index (χ1n) is 37.6. The van der Waals surface area contributed by atoms with Gasteiger partial charge in [-0.3, -0.25) is 86.3 Å². The minimum absolute atomic E-state index is 0.000209. The molecule has 39 nitrogen and oxygen atoms in total. The molecule has 4 heterocycles. The van der Waals surface area contributed by atoms with Crippen molar-refractivity contribution >= 4 is 140 Å². The Morgan fingerprint density at radius 1 is 0.559 bits per heavy atom. The molecule has 4 saturated heterocycles. The molecule has 16 amide bonds. The van der Waals surface area contributed by atoms with Crippen molar-refractivity contribution in [3.05, 3.63) is 0 Å². The van der Waals surface area contributed by atoms with Gasteiger partial charge in [-0.15, -0.1) is 0 Å². The molecule has 6 rings (SSSR count). The molecule has 111 heavy (non-hydrogen) atoms. The van der Waals surface area contributed by atoms with Crippen LogP contribution in [0.3, 0.4) is 0 Å². The summed E-state index contributed by atoms with van der Waals surface area (Å²) in [5.74, 6) is -21.4. The largest absolute Gasteiger partial charge is 0.481 e. The summed E-state index contributed by atoms with van der Waals surface area (Å²) in [6.45, 7) is 5.34. The van der Waals surface area contributed by atoms with Crippen LogP contribution in [0.25, 0.3) is 0 Å². The van der Waals surface area contributed by atoms with Gasteiger partial charge < -0.3 is 112 Å². The summed E-state index contributed by atoms with van der Waals surface area (Å²) >= 11 is 1.34. The Labute approximate surface area is 654 Å². The molecule has 0 aromatic heterocycles. The van der Waals surface area contributed by atoms with Crippen LogP contribution in [0, 0.1) is 29.6 Å². The molecule has 620 valence electrons. The highest BCUT2D eigenvalue weighted by molar-refractivity contribution is 8.76. The first-order valence-corrected chi connectivity index (χ1v) is 41.5. The van der Waals surface area contributed by atoms with Crippen molar-refractivity contribution < 1.29 is 102 Å². The van der Waals surface area contributed by atoms with Gasteiger partial charge in [0.25, 0.3) is 0 Å². The normalized spacial score (nSPS) is 27.8. The van der Waals surface area contributed by atoms with Gasteiger partial charge in [0.05, 0.1) is 25.9 Å². The predicted octanol–water partition coefficient (Wildman–Crippen LogP) is -6.07. The van der Waals surface area contributed by atoms with Gasteiger partial charge in [0.2, 0.25) is 94.5 Å². The molecule has 6 fully saturated rings. The minimum Gasteiger partial charge on any atom is -0.481 e. The number of carbonyl (C=O) groups is 18. The molecular formula is C69H110N18O21S3. The Bertz CT molecular complexity index is 3400. The number of nitrogens with zero attached hydrogens (tertiary/aromatic N) is 1. The van der Waals surface area contributed by atoms with Gasteiger partial charge in [-0.25, -0.2) is 0 Å². The predicted molar refractivity (Wildman–Crippen MR) is 403 cm³/mol. The quantitative estimate of drug-likeness (QED) is 0.0279. The van der Waals surface area contributed by atoms with Crippen molar-refractivity contribution in [2.45, 2.75) is 240 Å². The van der Waals surface area contributed by atoms with E-state index in [1.807, 2.05) is 0 Å². The zero-order valence-corrected chi connectivity index (χ0v) is 65.5. The van der Waals surface area contributed by atoms with Crippen LogP contribution in [0.5, 0.6) is 0 Å². The number of nitrogens with one attached hydrogen (secondary N) is 14. The number of carboxylic acids is 2. The van der Waals surface area contributed by atoms with Crippen LogP contribution in [-0.2, 0) is 86.3 Å². The lowest BCUT2D eigenvalue weighted by molar-refractivity contribution is -0.142. The highest BCUT2D eigenvalue weighted by Crippen LogP contribution is 2.39. The number of rotatable bonds is 32. The number of hydrogen-bond acceptors (Lipinski definition) is 24. The molecule has 0 bridgehead atoms. The van der Waals surface area contributed by atoms with E-state index in [1.54, 1.807) is 20.1 Å². The number of aliphatic hydroxyl groups is 1. The summed E-state index contributed by atoms with van der Waals surface area (Å²) in [5.41, 5.74) is 16.7. The zero-order chi connectivity index (χ0) is 81.9. The van der Waals surface area contributed by atoms with Crippen LogP contribution in [0.2, 0.25) is 0 Å². The van der Waals surface area contributed by atoms with E-state index in [9.17, 15) is 77.6 Å². The van der Waals surface area contributed by atoms with E-state index in [1.165, 1.54) is 18.7 Å². The highest BCUT2D eigenvalue weighted by Gasteiger charge is 2.46. The van der Waals surface area contributed by atoms with Gasteiger partial charge in [0.1, 0.15) is 78.5 Å². The number of aliphatic carboxylic acids is 2. The minimum atomic E-state index is -2.10. The monoisotopic (exact) mass is 1620 g/mol. The lowest BCUT2D eigenvalue weighted by Gasteiger charge is -2.32.